The molecule has 0 aromatic rings. The molecule has 0 saturated carbocycles. The molecule has 0 heterocycles. The van der Waals surface area contributed by atoms with Crippen LogP contribution in [0, 0.1) is 0 Å². The predicted octanol–water partition coefficient (Wildman–Crippen LogP) is 6.08. The quantitative estimate of drug-likeness (QED) is 0.177. The zero-order chi connectivity index (χ0) is 19.7. The molecule has 0 spiro atoms. The van der Waals surface area contributed by atoms with Crippen molar-refractivity contribution >= 4 is 27.0 Å². The maximum absolute atomic E-state index is 12.8. The van der Waals surface area contributed by atoms with Crippen LogP contribution in [-0.4, -0.2) is 42.5 Å². The molecule has 0 aliphatic carbocycles. The second-order valence-corrected chi connectivity index (χ2v) is 10.1. The molecular formula is C20H42N2O2S2. The smallest absolute Gasteiger partial charge is 0.236 e. The molecule has 0 fully saturated rings. The van der Waals surface area contributed by atoms with Crippen molar-refractivity contribution in [2.45, 2.75) is 98.3 Å². The van der Waals surface area contributed by atoms with Crippen LogP contribution in [0.15, 0.2) is 4.99 Å². The molecule has 0 bridgehead atoms. The molecule has 0 atom stereocenters. The topological polar surface area (TPSA) is 49.7 Å². The summed E-state index contributed by atoms with van der Waals surface area (Å²) in [5, 5.41) is 0.715. The largest absolute Gasteiger partial charge is 0.262 e. The van der Waals surface area contributed by atoms with Gasteiger partial charge in [-0.15, -0.1) is 0 Å². The Hall–Kier alpha value is -0.230. The van der Waals surface area contributed by atoms with E-state index in [-0.39, 0.29) is 5.75 Å². The molecule has 156 valence electrons. The van der Waals surface area contributed by atoms with Crippen molar-refractivity contribution in [3.05, 3.63) is 0 Å². The summed E-state index contributed by atoms with van der Waals surface area (Å²) in [7, 11) is -3.26. The van der Waals surface area contributed by atoms with E-state index in [1.807, 2.05) is 6.92 Å². The molecular weight excluding hydrogens is 364 g/mol. The molecule has 0 aromatic carbocycles. The van der Waals surface area contributed by atoms with Gasteiger partial charge >= 0.3 is 0 Å². The van der Waals surface area contributed by atoms with E-state index in [9.17, 15) is 8.42 Å². The Morgan fingerprint density at radius 2 is 1.38 bits per heavy atom. The summed E-state index contributed by atoms with van der Waals surface area (Å²) in [6.07, 6.45) is 12.3. The Kier molecular flexibility index (Phi) is 16.8. The first-order chi connectivity index (χ1) is 12.5. The van der Waals surface area contributed by atoms with Crippen molar-refractivity contribution in [2.24, 2.45) is 4.99 Å². The van der Waals surface area contributed by atoms with Gasteiger partial charge in [0.05, 0.1) is 5.75 Å². The summed E-state index contributed by atoms with van der Waals surface area (Å²) in [6.45, 7) is 9.71. The molecule has 0 aliphatic rings. The molecule has 0 unspecified atom stereocenters. The van der Waals surface area contributed by atoms with Gasteiger partial charge in [-0.25, -0.2) is 12.7 Å². The van der Waals surface area contributed by atoms with E-state index >= 15 is 0 Å². The summed E-state index contributed by atoms with van der Waals surface area (Å²) in [5.74, 6) is 1.06. The summed E-state index contributed by atoms with van der Waals surface area (Å²) >= 11 is 1.57. The number of hydrogen-bond acceptors (Lipinski definition) is 4. The highest BCUT2D eigenvalue weighted by Crippen LogP contribution is 2.17. The summed E-state index contributed by atoms with van der Waals surface area (Å²) in [5.41, 5.74) is 0. The zero-order valence-corrected chi connectivity index (χ0v) is 19.3. The first kappa shape index (κ1) is 25.8. The average Bonchev–Trinajstić information content (AvgIpc) is 2.60. The maximum Gasteiger partial charge on any atom is 0.236 e. The van der Waals surface area contributed by atoms with Crippen LogP contribution in [0.5, 0.6) is 0 Å². The zero-order valence-electron chi connectivity index (χ0n) is 17.6. The Morgan fingerprint density at radius 1 is 0.808 bits per heavy atom. The summed E-state index contributed by atoms with van der Waals surface area (Å²) < 4.78 is 27.2. The van der Waals surface area contributed by atoms with Crippen LogP contribution in [0.25, 0.3) is 0 Å². The van der Waals surface area contributed by atoms with Gasteiger partial charge in [-0.1, -0.05) is 90.8 Å². The van der Waals surface area contributed by atoms with Crippen molar-refractivity contribution in [3.63, 3.8) is 0 Å². The number of thioether (sulfide) groups is 1. The Labute approximate surface area is 167 Å². The predicted molar refractivity (Wildman–Crippen MR) is 119 cm³/mol. The monoisotopic (exact) mass is 406 g/mol. The summed E-state index contributed by atoms with van der Waals surface area (Å²) in [4.78, 5) is 4.70. The summed E-state index contributed by atoms with van der Waals surface area (Å²) in [6, 6.07) is 0. The van der Waals surface area contributed by atoms with Crippen molar-refractivity contribution in [3.8, 4) is 0 Å². The van der Waals surface area contributed by atoms with Gasteiger partial charge in [0, 0.05) is 13.1 Å². The average molecular weight is 407 g/mol. The van der Waals surface area contributed by atoms with Crippen LogP contribution in [0.3, 0.4) is 0 Å². The number of nitrogens with zero attached hydrogens (tertiary/aromatic N) is 2. The maximum atomic E-state index is 12.8. The number of unbranched alkanes of at least 4 members (excludes halogenated alkanes) is 8. The van der Waals surface area contributed by atoms with E-state index < -0.39 is 10.0 Å². The molecule has 0 aliphatic heterocycles. The van der Waals surface area contributed by atoms with Gasteiger partial charge in [-0.05, 0) is 25.0 Å². The highest BCUT2D eigenvalue weighted by molar-refractivity contribution is 8.14. The lowest BCUT2D eigenvalue weighted by molar-refractivity contribution is 0.500. The number of aliphatic imine (C=N–C) groups is 1. The molecule has 0 radical (unpaired) electrons. The van der Waals surface area contributed by atoms with Gasteiger partial charge in [-0.3, -0.25) is 4.99 Å². The number of amidine groups is 1. The molecule has 26 heavy (non-hydrogen) atoms. The van der Waals surface area contributed by atoms with Crippen molar-refractivity contribution in [1.29, 1.82) is 0 Å². The van der Waals surface area contributed by atoms with Crippen molar-refractivity contribution in [1.82, 2.24) is 4.31 Å². The van der Waals surface area contributed by atoms with Gasteiger partial charge in [0.15, 0.2) is 5.17 Å². The number of rotatable bonds is 16. The molecule has 0 amide bonds. The van der Waals surface area contributed by atoms with E-state index in [4.69, 9.17) is 4.99 Å². The highest BCUT2D eigenvalue weighted by Gasteiger charge is 2.24. The van der Waals surface area contributed by atoms with E-state index in [1.165, 1.54) is 44.9 Å². The second kappa shape index (κ2) is 16.9. The van der Waals surface area contributed by atoms with Crippen LogP contribution < -0.4 is 0 Å². The fourth-order valence-electron chi connectivity index (χ4n) is 2.80. The second-order valence-electron chi connectivity index (χ2n) is 6.81. The Bertz CT molecular complexity index is 451. The van der Waals surface area contributed by atoms with Crippen LogP contribution in [0.4, 0.5) is 0 Å². The van der Waals surface area contributed by atoms with Crippen LogP contribution in [-0.2, 0) is 10.0 Å². The SMILES string of the molecule is CCCCCCCN=C(SCC)N(CCCCCCC)S(=O)(=O)CCC. The fourth-order valence-corrected chi connectivity index (χ4v) is 5.41. The van der Waals surface area contributed by atoms with Gasteiger partial charge in [0.2, 0.25) is 10.0 Å². The number of sulfonamides is 1. The minimum Gasteiger partial charge on any atom is -0.262 e. The molecule has 4 nitrogen and oxygen atoms in total. The molecule has 0 saturated heterocycles. The van der Waals surface area contributed by atoms with E-state index in [2.05, 4.69) is 20.8 Å². The standard InChI is InChI=1S/C20H42N2O2S2/c1-5-9-11-13-15-17-21-20(25-8-4)22(26(23,24)19-7-3)18-16-14-12-10-6-2/h5-19H2,1-4H3. The van der Waals surface area contributed by atoms with E-state index in [1.54, 1.807) is 16.1 Å². The third-order valence-electron chi connectivity index (χ3n) is 4.26. The van der Waals surface area contributed by atoms with Crippen molar-refractivity contribution in [2.75, 3.05) is 24.6 Å². The Balaban J connectivity index is 4.91. The minimum absolute atomic E-state index is 0.210. The first-order valence-corrected chi connectivity index (χ1v) is 13.3. The third kappa shape index (κ3) is 12.2. The lowest BCUT2D eigenvalue weighted by Crippen LogP contribution is -2.38. The highest BCUT2D eigenvalue weighted by atomic mass is 32.2. The number of hydrogen-bond donors (Lipinski definition) is 0. The molecule has 0 aromatic heterocycles. The van der Waals surface area contributed by atoms with Crippen LogP contribution in [0.1, 0.15) is 98.3 Å². The minimum atomic E-state index is -3.26. The van der Waals surface area contributed by atoms with Crippen LogP contribution in [0.2, 0.25) is 0 Å². The van der Waals surface area contributed by atoms with Crippen LogP contribution >= 0.6 is 11.8 Å². The normalized spacial score (nSPS) is 12.5. The molecule has 0 rings (SSSR count). The molecule has 6 heteroatoms. The van der Waals surface area contributed by atoms with Gasteiger partial charge in [0.1, 0.15) is 0 Å². The Morgan fingerprint density at radius 3 is 1.92 bits per heavy atom. The van der Waals surface area contributed by atoms with Crippen molar-refractivity contribution < 1.29 is 8.42 Å². The first-order valence-electron chi connectivity index (χ1n) is 10.7. The lowest BCUT2D eigenvalue weighted by Gasteiger charge is -2.25. The third-order valence-corrected chi connectivity index (χ3v) is 7.22. The van der Waals surface area contributed by atoms with Gasteiger partial charge < -0.3 is 0 Å². The van der Waals surface area contributed by atoms with Gasteiger partial charge in [-0.2, -0.15) is 0 Å². The fraction of sp³-hybridized carbons (Fsp3) is 0.950. The lowest BCUT2D eigenvalue weighted by atomic mass is 10.1. The molecule has 0 N–H and O–H groups in total. The van der Waals surface area contributed by atoms with E-state index in [0.717, 1.165) is 31.6 Å². The van der Waals surface area contributed by atoms with Gasteiger partial charge in [0.25, 0.3) is 0 Å². The van der Waals surface area contributed by atoms with E-state index in [0.29, 0.717) is 18.1 Å².